The normalized spacial score (nSPS) is 32.6. The molecule has 310 valence electrons. The minimum atomic E-state index is -3.56. The molecule has 2 saturated carbocycles. The van der Waals surface area contributed by atoms with Crippen molar-refractivity contribution in [3.63, 3.8) is 0 Å². The first-order chi connectivity index (χ1) is 27.9. The lowest BCUT2D eigenvalue weighted by molar-refractivity contribution is 0.0401. The van der Waals surface area contributed by atoms with E-state index < -0.39 is 21.7 Å². The third-order valence-corrected chi connectivity index (χ3v) is 16.2. The Morgan fingerprint density at radius 3 is 2.78 bits per heavy atom. The van der Waals surface area contributed by atoms with Gasteiger partial charge in [0.2, 0.25) is 0 Å². The van der Waals surface area contributed by atoms with Crippen molar-refractivity contribution < 1.29 is 28.0 Å². The summed E-state index contributed by atoms with van der Waals surface area (Å²) in [7, 11) is 2.23. The molecule has 2 aromatic carbocycles. The number of nitrogens with one attached hydrogen (secondary N) is 1. The zero-order chi connectivity index (χ0) is 40.4. The van der Waals surface area contributed by atoms with Crippen LogP contribution in [0.25, 0.3) is 0 Å². The molecular weight excluding hydrogens is 774 g/mol. The van der Waals surface area contributed by atoms with E-state index in [2.05, 4.69) is 50.2 Å². The van der Waals surface area contributed by atoms with Crippen molar-refractivity contribution >= 4 is 39.0 Å². The molecule has 3 fully saturated rings. The minimum absolute atomic E-state index is 0.0146. The number of hydrogen-bond acceptors (Lipinski definition) is 8. The summed E-state index contributed by atoms with van der Waals surface area (Å²) in [5.41, 5.74) is 4.92. The Morgan fingerprint density at radius 1 is 1.16 bits per heavy atom. The topological polar surface area (TPSA) is 115 Å². The van der Waals surface area contributed by atoms with Gasteiger partial charge in [-0.1, -0.05) is 36.7 Å². The second kappa shape index (κ2) is 15.4. The highest BCUT2D eigenvalue weighted by Crippen LogP contribution is 2.81. The molecular formula is C45H56ClN5O6S. The van der Waals surface area contributed by atoms with Crippen LogP contribution in [0.15, 0.2) is 65.2 Å². The smallest absolute Gasteiger partial charge is 0.286 e. The zero-order valence-corrected chi connectivity index (χ0v) is 35.7. The summed E-state index contributed by atoms with van der Waals surface area (Å²) in [5.74, 6) is 0.411. The molecule has 4 heterocycles. The molecule has 6 aliphatic rings. The molecule has 1 saturated heterocycles. The maximum atomic E-state index is 14.9. The van der Waals surface area contributed by atoms with Crippen LogP contribution in [-0.2, 0) is 44.8 Å². The third-order valence-electron chi connectivity index (χ3n) is 14.0. The standard InChI is InChI=1S/C45H56ClN5O6S/c1-29-7-5-9-40(55-4)41-37-22-45(37,41)27-51-26-44(16-6-8-30-19-33(46)11-12-36(30)44)28-57-39-13-10-31(21-38(39)51)42(52)47-58(54,25-29)48-43(53)32-20-35(49(2)23-32)24-50(3)34-14-17-56-18-15-34/h5,9-13,19-21,23,29,34,37,40-41H,6-8,14-18,22,24-28H2,1-4H3,(H,47,48,52,53,54)/b9-5+/t29-,37?,40-,41-,44-,45-,58-/m0/s1. The zero-order valence-electron chi connectivity index (χ0n) is 34.1. The van der Waals surface area contributed by atoms with Gasteiger partial charge in [-0.15, -0.1) is 4.36 Å². The summed E-state index contributed by atoms with van der Waals surface area (Å²) < 4.78 is 42.3. The molecule has 3 aromatic rings. The largest absolute Gasteiger partial charge is 0.490 e. The summed E-state index contributed by atoms with van der Waals surface area (Å²) in [5, 5.41) is 0.745. The summed E-state index contributed by atoms with van der Waals surface area (Å²) in [4.78, 5) is 32.9. The number of aromatic nitrogens is 1. The average molecular weight is 830 g/mol. The molecule has 1 unspecified atom stereocenters. The van der Waals surface area contributed by atoms with E-state index >= 15 is 0 Å². The molecule has 2 amide bonds. The van der Waals surface area contributed by atoms with Crippen molar-refractivity contribution in [3.05, 3.63) is 93.8 Å². The van der Waals surface area contributed by atoms with Crippen LogP contribution in [0.2, 0.25) is 5.02 Å². The van der Waals surface area contributed by atoms with Crippen LogP contribution in [0.1, 0.15) is 83.0 Å². The van der Waals surface area contributed by atoms with Gasteiger partial charge in [0, 0.05) is 80.9 Å². The summed E-state index contributed by atoms with van der Waals surface area (Å²) >= 11 is 6.50. The average Bonchev–Trinajstić information content (AvgIpc) is 4.04. The third kappa shape index (κ3) is 7.53. The van der Waals surface area contributed by atoms with Crippen LogP contribution >= 0.6 is 11.6 Å². The maximum absolute atomic E-state index is 14.9. The minimum Gasteiger partial charge on any atom is -0.490 e. The van der Waals surface area contributed by atoms with Crippen LogP contribution in [0.5, 0.6) is 5.75 Å². The summed E-state index contributed by atoms with van der Waals surface area (Å²) in [6.45, 7) is 6.19. The highest BCUT2D eigenvalue weighted by Gasteiger charge is 2.80. The number of allylic oxidation sites excluding steroid dienone is 1. The number of anilines is 1. The second-order valence-corrected chi connectivity index (χ2v) is 20.5. The maximum Gasteiger partial charge on any atom is 0.286 e. The first kappa shape index (κ1) is 39.8. The molecule has 3 aliphatic carbocycles. The van der Waals surface area contributed by atoms with Crippen molar-refractivity contribution in [3.8, 4) is 5.75 Å². The number of carbonyl (C=O) groups is 2. The first-order valence-corrected chi connectivity index (χ1v) is 23.0. The van der Waals surface area contributed by atoms with Crippen LogP contribution < -0.4 is 14.4 Å². The van der Waals surface area contributed by atoms with E-state index in [1.165, 1.54) is 11.1 Å². The lowest BCUT2D eigenvalue weighted by Crippen LogP contribution is -2.47. The van der Waals surface area contributed by atoms with Gasteiger partial charge in [0.25, 0.3) is 11.8 Å². The molecule has 7 atom stereocenters. The SMILES string of the molecule is CO[C@H]1/C=C/C[C@H](C)C[S@@](=O)(NC(=O)c2cc(CN(C)C3CCOCC3)n(C)c2)=NC(=O)c2ccc3c(c2)N(C[C@@]2(CCCc4cc(Cl)ccc42)CO3)C[C@@]23CC2[C@@H]13. The van der Waals surface area contributed by atoms with E-state index in [-0.39, 0.29) is 28.6 Å². The molecule has 9 rings (SSSR count). The number of benzene rings is 2. The van der Waals surface area contributed by atoms with Crippen molar-refractivity contribution in [2.75, 3.05) is 57.7 Å². The van der Waals surface area contributed by atoms with Crippen molar-refractivity contribution in [2.24, 2.45) is 34.6 Å². The number of hydrogen-bond donors (Lipinski definition) is 1. The first-order valence-electron chi connectivity index (χ1n) is 20.9. The van der Waals surface area contributed by atoms with Gasteiger partial charge in [-0.05, 0) is 123 Å². The lowest BCUT2D eigenvalue weighted by atomic mass is 9.70. The van der Waals surface area contributed by atoms with Crippen LogP contribution in [0.4, 0.5) is 5.69 Å². The molecule has 2 bridgehead atoms. The fourth-order valence-electron chi connectivity index (χ4n) is 10.6. The number of halogens is 1. The number of fused-ring (bicyclic) bond motifs is 4. The van der Waals surface area contributed by atoms with E-state index in [0.717, 1.165) is 87.0 Å². The number of aryl methyl sites for hydroxylation is 2. The molecule has 11 nitrogen and oxygen atoms in total. The highest BCUT2D eigenvalue weighted by atomic mass is 35.5. The number of ether oxygens (including phenoxy) is 3. The number of nitrogens with zero attached hydrogens (tertiary/aromatic N) is 4. The summed E-state index contributed by atoms with van der Waals surface area (Å²) in [6, 6.07) is 13.9. The van der Waals surface area contributed by atoms with Gasteiger partial charge in [0.1, 0.15) is 15.7 Å². The molecule has 2 spiro atoms. The quantitative estimate of drug-likeness (QED) is 0.266. The van der Waals surface area contributed by atoms with Gasteiger partial charge in [0.05, 0.1) is 29.7 Å². The Morgan fingerprint density at radius 2 is 1.98 bits per heavy atom. The van der Waals surface area contributed by atoms with Crippen molar-refractivity contribution in [1.29, 1.82) is 0 Å². The van der Waals surface area contributed by atoms with Gasteiger partial charge >= 0.3 is 0 Å². The van der Waals surface area contributed by atoms with Crippen molar-refractivity contribution in [1.82, 2.24) is 14.2 Å². The van der Waals surface area contributed by atoms with Crippen LogP contribution in [0.3, 0.4) is 0 Å². The molecule has 1 N–H and O–H groups in total. The monoisotopic (exact) mass is 829 g/mol. The Kier molecular flexibility index (Phi) is 10.6. The predicted molar refractivity (Wildman–Crippen MR) is 226 cm³/mol. The van der Waals surface area contributed by atoms with Gasteiger partial charge in [-0.25, -0.2) is 4.21 Å². The Labute approximate surface area is 347 Å². The van der Waals surface area contributed by atoms with Gasteiger partial charge in [-0.3, -0.25) is 19.2 Å². The fourth-order valence-corrected chi connectivity index (χ4v) is 12.7. The van der Waals surface area contributed by atoms with E-state index in [1.807, 2.05) is 42.8 Å². The highest BCUT2D eigenvalue weighted by molar-refractivity contribution is 7.92. The number of rotatable bonds is 6. The number of carbonyl (C=O) groups excluding carboxylic acids is 2. The Bertz CT molecular complexity index is 2260. The summed E-state index contributed by atoms with van der Waals surface area (Å²) in [6.07, 6.45) is 12.7. The molecule has 58 heavy (non-hydrogen) atoms. The number of methoxy groups -OCH3 is 1. The molecule has 3 aliphatic heterocycles. The second-order valence-electron chi connectivity index (χ2n) is 18.0. The molecule has 13 heteroatoms. The molecule has 1 aromatic heterocycles. The lowest BCUT2D eigenvalue weighted by Gasteiger charge is -2.41. The fraction of sp³-hybridized carbons (Fsp3) is 0.556. The van der Waals surface area contributed by atoms with Gasteiger partial charge in [0.15, 0.2) is 0 Å². The van der Waals surface area contributed by atoms with E-state index in [9.17, 15) is 13.8 Å². The van der Waals surface area contributed by atoms with Crippen LogP contribution in [-0.4, -0.2) is 90.5 Å². The predicted octanol–water partition coefficient (Wildman–Crippen LogP) is 6.96. The van der Waals surface area contributed by atoms with E-state index in [1.54, 1.807) is 19.4 Å². The Hall–Kier alpha value is -3.68. The van der Waals surface area contributed by atoms with Gasteiger partial charge < -0.3 is 23.7 Å². The van der Waals surface area contributed by atoms with E-state index in [0.29, 0.717) is 48.6 Å². The van der Waals surface area contributed by atoms with Gasteiger partial charge in [-0.2, -0.15) is 0 Å². The van der Waals surface area contributed by atoms with Crippen LogP contribution in [0, 0.1) is 23.2 Å². The van der Waals surface area contributed by atoms with E-state index in [4.69, 9.17) is 25.8 Å². The Balaban J connectivity index is 1.05. The van der Waals surface area contributed by atoms with Crippen molar-refractivity contribution in [2.45, 2.75) is 76.0 Å². The number of amides is 2. The molecule has 0 radical (unpaired) electrons.